The van der Waals surface area contributed by atoms with E-state index in [2.05, 4.69) is 66.5 Å². The molecule has 0 fully saturated rings. The minimum absolute atomic E-state index is 0. The van der Waals surface area contributed by atoms with Crippen molar-refractivity contribution in [3.05, 3.63) is 170 Å². The van der Waals surface area contributed by atoms with Crippen LogP contribution in [0, 0.1) is 12.1 Å². The molecule has 0 N–H and O–H groups in total. The molecular weight excluding hydrogens is 1060 g/mol. The summed E-state index contributed by atoms with van der Waals surface area (Å²) in [6.07, 6.45) is 7.29. The van der Waals surface area contributed by atoms with Gasteiger partial charge in [-0.3, -0.25) is 9.36 Å². The molecule has 284 valence electrons. The molecule has 0 bridgehead atoms. The van der Waals surface area contributed by atoms with Crippen LogP contribution in [0.1, 0.15) is 0 Å². The van der Waals surface area contributed by atoms with Gasteiger partial charge in [0, 0.05) is 64.6 Å². The molecule has 0 aliphatic rings. The van der Waals surface area contributed by atoms with Crippen LogP contribution in [0.25, 0.3) is 55.2 Å². The summed E-state index contributed by atoms with van der Waals surface area (Å²) < 4.78 is 3.56. The molecular formula is C44H38N10Pt2. The Hall–Kier alpha value is -5.82. The molecule has 0 atom stereocenters. The molecule has 0 aliphatic carbocycles. The van der Waals surface area contributed by atoms with E-state index in [0.717, 1.165) is 56.1 Å². The minimum atomic E-state index is 0. The summed E-state index contributed by atoms with van der Waals surface area (Å²) in [5.74, 6) is 1.88. The Balaban J connectivity index is 0.000000143. The maximum absolute atomic E-state index is 4.53. The third-order valence-corrected chi connectivity index (χ3v) is 8.37. The van der Waals surface area contributed by atoms with E-state index in [1.54, 1.807) is 21.8 Å². The molecule has 0 amide bonds. The Kier molecular flexibility index (Phi) is 14.5. The van der Waals surface area contributed by atoms with Crippen LogP contribution in [0.4, 0.5) is 11.6 Å². The van der Waals surface area contributed by atoms with Crippen molar-refractivity contribution >= 4 is 55.5 Å². The number of rotatable bonds is 4. The number of hydrogen-bond acceptors (Lipinski definition) is 6. The standard InChI is InChI=1S/2C13H12N3.2C9H7N2.2Pt/c2*1-16(2)12-8-7-10-9-5-3-4-6-11(9)14-13(10)15-12;2*1-2-5-9(6-3-1)11-8-4-7-10-11;;/h2*3-8H,1-2H3;2*1-5,7-8H;;/q4*-1;2*+2. The monoisotopic (exact) mass is 1100 g/mol. The van der Waals surface area contributed by atoms with Crippen LogP contribution in [0.3, 0.4) is 0 Å². The molecule has 0 aliphatic heterocycles. The third kappa shape index (κ3) is 9.88. The second-order valence-electron chi connectivity index (χ2n) is 12.5. The molecule has 10 aromatic rings. The Morgan fingerprint density at radius 1 is 0.464 bits per heavy atom. The summed E-state index contributed by atoms with van der Waals surface area (Å²) in [6.45, 7) is 0. The fraction of sp³-hybridized carbons (Fsp3) is 0.0909. The van der Waals surface area contributed by atoms with Crippen LogP contribution < -0.4 is 19.8 Å². The van der Waals surface area contributed by atoms with Crippen molar-refractivity contribution in [3.63, 3.8) is 0 Å². The smallest absolute Gasteiger partial charge is 0.435 e. The first-order valence-electron chi connectivity index (χ1n) is 17.4. The minimum Gasteiger partial charge on any atom is -0.435 e. The summed E-state index contributed by atoms with van der Waals surface area (Å²) in [6, 6.07) is 49.9. The van der Waals surface area contributed by atoms with E-state index < -0.39 is 0 Å². The number of benzene rings is 4. The predicted molar refractivity (Wildman–Crippen MR) is 219 cm³/mol. The van der Waals surface area contributed by atoms with Crippen LogP contribution in [0.15, 0.2) is 158 Å². The normalized spacial score (nSPS) is 10.2. The second kappa shape index (κ2) is 19.7. The molecule has 10 nitrogen and oxygen atoms in total. The number of pyridine rings is 2. The third-order valence-electron chi connectivity index (χ3n) is 8.37. The zero-order valence-electron chi connectivity index (χ0n) is 31.1. The molecule has 0 spiro atoms. The summed E-state index contributed by atoms with van der Waals surface area (Å²) >= 11 is 0. The zero-order valence-corrected chi connectivity index (χ0v) is 35.7. The number of fused-ring (bicyclic) bond motifs is 6. The van der Waals surface area contributed by atoms with E-state index in [4.69, 9.17) is 0 Å². The van der Waals surface area contributed by atoms with Crippen molar-refractivity contribution in [2.75, 3.05) is 38.0 Å². The molecule has 0 radical (unpaired) electrons. The van der Waals surface area contributed by atoms with Gasteiger partial charge in [0.05, 0.1) is 0 Å². The molecule has 0 saturated heterocycles. The molecule has 12 heteroatoms. The number of aromatic nitrogens is 8. The van der Waals surface area contributed by atoms with Gasteiger partial charge in [-0.05, 0) is 79.5 Å². The number of para-hydroxylation sites is 4. The maximum Gasteiger partial charge on any atom is 2.00 e. The van der Waals surface area contributed by atoms with Gasteiger partial charge in [0.2, 0.25) is 0 Å². The topological polar surface area (TPSA) is 96.1 Å². The fourth-order valence-electron chi connectivity index (χ4n) is 5.67. The van der Waals surface area contributed by atoms with Gasteiger partial charge in [-0.15, -0.1) is 12.1 Å². The molecule has 56 heavy (non-hydrogen) atoms. The molecule has 6 aromatic heterocycles. The molecule has 0 saturated carbocycles. The van der Waals surface area contributed by atoms with Crippen molar-refractivity contribution in [1.82, 2.24) is 39.5 Å². The van der Waals surface area contributed by atoms with E-state index in [9.17, 15) is 0 Å². The van der Waals surface area contributed by atoms with Crippen LogP contribution in [0.2, 0.25) is 0 Å². The summed E-state index contributed by atoms with van der Waals surface area (Å²) in [5, 5.41) is 12.7. The first-order valence-corrected chi connectivity index (χ1v) is 17.4. The molecule has 4 aromatic carbocycles. The van der Waals surface area contributed by atoms with Gasteiger partial charge in [0.25, 0.3) is 0 Å². The predicted octanol–water partition coefficient (Wildman–Crippen LogP) is 8.16. The molecule has 6 heterocycles. The quantitative estimate of drug-likeness (QED) is 0.163. The van der Waals surface area contributed by atoms with E-state index in [0.29, 0.717) is 0 Å². The Bertz CT molecular complexity index is 2480. The van der Waals surface area contributed by atoms with Crippen LogP contribution >= 0.6 is 0 Å². The SMILES string of the molecule is CN(C)c1ccc2c(n1)[n-]c1ccccc12.CN(C)c1ccc2c(n1)[n-]c1ccccc12.[Pt+2].[Pt+2].[c-]1ccccc1-n1cccn1.[c-]1ccccc1-n1cccn1. The second-order valence-corrected chi connectivity index (χ2v) is 12.5. The van der Waals surface area contributed by atoms with Crippen LogP contribution in [-0.2, 0) is 42.1 Å². The average Bonchev–Trinajstić information content (AvgIpc) is 4.05. The fourth-order valence-corrected chi connectivity index (χ4v) is 5.67. The van der Waals surface area contributed by atoms with Gasteiger partial charge in [-0.1, -0.05) is 60.7 Å². The van der Waals surface area contributed by atoms with Gasteiger partial charge in [-0.25, -0.2) is 0 Å². The van der Waals surface area contributed by atoms with Gasteiger partial charge in [0.15, 0.2) is 0 Å². The molecule has 0 unspecified atom stereocenters. The Morgan fingerprint density at radius 2 is 0.875 bits per heavy atom. The van der Waals surface area contributed by atoms with Crippen molar-refractivity contribution in [2.45, 2.75) is 0 Å². The summed E-state index contributed by atoms with van der Waals surface area (Å²) in [5.41, 5.74) is 5.62. The maximum atomic E-state index is 4.53. The van der Waals surface area contributed by atoms with E-state index >= 15 is 0 Å². The number of hydrogen-bond donors (Lipinski definition) is 0. The molecule has 10 rings (SSSR count). The average molecular weight is 1100 g/mol. The van der Waals surface area contributed by atoms with Gasteiger partial charge in [0.1, 0.15) is 0 Å². The van der Waals surface area contributed by atoms with E-state index in [1.807, 2.05) is 160 Å². The summed E-state index contributed by atoms with van der Waals surface area (Å²) in [4.78, 5) is 22.1. The van der Waals surface area contributed by atoms with Crippen molar-refractivity contribution in [2.24, 2.45) is 0 Å². The van der Waals surface area contributed by atoms with Crippen LogP contribution in [0.5, 0.6) is 0 Å². The van der Waals surface area contributed by atoms with Crippen molar-refractivity contribution in [1.29, 1.82) is 0 Å². The number of nitrogens with zero attached hydrogens (tertiary/aromatic N) is 10. The Labute approximate surface area is 354 Å². The first-order chi connectivity index (χ1) is 26.4. The van der Waals surface area contributed by atoms with Gasteiger partial charge in [-0.2, -0.15) is 58.7 Å². The Morgan fingerprint density at radius 3 is 1.23 bits per heavy atom. The van der Waals surface area contributed by atoms with Crippen molar-refractivity contribution in [3.8, 4) is 11.4 Å². The largest absolute Gasteiger partial charge is 2.00 e. The van der Waals surface area contributed by atoms with Gasteiger partial charge < -0.3 is 29.7 Å². The summed E-state index contributed by atoms with van der Waals surface area (Å²) in [7, 11) is 7.93. The van der Waals surface area contributed by atoms with Gasteiger partial charge >= 0.3 is 42.1 Å². The van der Waals surface area contributed by atoms with Crippen molar-refractivity contribution < 1.29 is 42.1 Å². The van der Waals surface area contributed by atoms with E-state index in [1.165, 1.54) is 10.8 Å². The zero-order chi connectivity index (χ0) is 37.3. The van der Waals surface area contributed by atoms with Crippen LogP contribution in [-0.4, -0.2) is 57.7 Å². The number of anilines is 2. The van der Waals surface area contributed by atoms with E-state index in [-0.39, 0.29) is 42.1 Å². The first kappa shape index (κ1) is 41.3.